The predicted molar refractivity (Wildman–Crippen MR) is 125 cm³/mol. The van der Waals surface area contributed by atoms with Crippen molar-refractivity contribution in [3.05, 3.63) is 66.0 Å². The summed E-state index contributed by atoms with van der Waals surface area (Å²) >= 11 is 1.68. The summed E-state index contributed by atoms with van der Waals surface area (Å²) in [4.78, 5) is 18.0. The van der Waals surface area contributed by atoms with Gasteiger partial charge in [-0.3, -0.25) is 9.78 Å². The molecule has 0 saturated heterocycles. The number of carbonyl (C=O) groups excluding carboxylic acids is 1. The van der Waals surface area contributed by atoms with E-state index < -0.39 is 0 Å². The molecule has 3 rings (SSSR count). The van der Waals surface area contributed by atoms with E-state index in [-0.39, 0.29) is 12.5 Å². The maximum Gasteiger partial charge on any atom is 0.262 e. The van der Waals surface area contributed by atoms with Gasteiger partial charge in [0.25, 0.3) is 5.91 Å². The number of pyridine rings is 1. The van der Waals surface area contributed by atoms with Crippen LogP contribution in [0.4, 0.5) is 5.69 Å². The molecule has 1 amide bonds. The molecule has 0 unspecified atom stereocenters. The summed E-state index contributed by atoms with van der Waals surface area (Å²) in [5.41, 5.74) is 2.57. The molecule has 0 aliphatic heterocycles. The zero-order valence-electron chi connectivity index (χ0n) is 18.5. The molecule has 1 heterocycles. The van der Waals surface area contributed by atoms with Gasteiger partial charge in [0.15, 0.2) is 18.1 Å². The van der Waals surface area contributed by atoms with Gasteiger partial charge >= 0.3 is 0 Å². The Hall–Kier alpha value is -3.39. The van der Waals surface area contributed by atoms with Gasteiger partial charge in [-0.25, -0.2) is 0 Å². The second-order valence-corrected chi connectivity index (χ2v) is 7.88. The van der Waals surface area contributed by atoms with Crippen molar-refractivity contribution in [3.63, 3.8) is 0 Å². The van der Waals surface area contributed by atoms with E-state index in [9.17, 15) is 4.79 Å². The summed E-state index contributed by atoms with van der Waals surface area (Å²) < 4.78 is 21.5. The van der Waals surface area contributed by atoms with Crippen molar-refractivity contribution in [1.29, 1.82) is 0 Å². The van der Waals surface area contributed by atoms with E-state index in [1.54, 1.807) is 49.3 Å². The second kappa shape index (κ2) is 11.3. The van der Waals surface area contributed by atoms with Gasteiger partial charge in [-0.1, -0.05) is 17.7 Å². The minimum atomic E-state index is -0.331. The number of aryl methyl sites for hydroxylation is 1. The van der Waals surface area contributed by atoms with Crippen LogP contribution in [0.5, 0.6) is 23.0 Å². The standard InChI is InChI=1S/C24H26N2O5S/c1-16-5-8-19(9-6-16)32-15-17-11-22(23(30-4)13-25-17)31-14-24(27)26-20-10-7-18(28-2)12-21(20)29-3/h5-13H,14-15H2,1-4H3,(H,26,27). The van der Waals surface area contributed by atoms with Gasteiger partial charge < -0.3 is 24.3 Å². The summed E-state index contributed by atoms with van der Waals surface area (Å²) in [6.07, 6.45) is 1.60. The lowest BCUT2D eigenvalue weighted by atomic mass is 10.2. The van der Waals surface area contributed by atoms with Gasteiger partial charge in [-0.05, 0) is 31.2 Å². The maximum absolute atomic E-state index is 12.4. The maximum atomic E-state index is 12.4. The van der Waals surface area contributed by atoms with Crippen LogP contribution in [0.3, 0.4) is 0 Å². The first-order valence-corrected chi connectivity index (χ1v) is 10.9. The highest BCUT2D eigenvalue weighted by molar-refractivity contribution is 7.98. The number of rotatable bonds is 10. The fourth-order valence-corrected chi connectivity index (χ4v) is 3.63. The lowest BCUT2D eigenvalue weighted by molar-refractivity contribution is -0.118. The molecule has 0 spiro atoms. The Morgan fingerprint density at radius 3 is 2.38 bits per heavy atom. The fraction of sp³-hybridized carbons (Fsp3) is 0.250. The molecule has 0 saturated carbocycles. The number of nitrogens with one attached hydrogen (secondary N) is 1. The quantitative estimate of drug-likeness (QED) is 0.444. The number of anilines is 1. The highest BCUT2D eigenvalue weighted by Crippen LogP contribution is 2.31. The number of aromatic nitrogens is 1. The van der Waals surface area contributed by atoms with E-state index in [0.29, 0.717) is 34.4 Å². The van der Waals surface area contributed by atoms with Crippen LogP contribution in [-0.2, 0) is 10.5 Å². The zero-order valence-corrected chi connectivity index (χ0v) is 19.3. The van der Waals surface area contributed by atoms with Gasteiger partial charge in [0.05, 0.1) is 38.9 Å². The van der Waals surface area contributed by atoms with Gasteiger partial charge in [-0.2, -0.15) is 0 Å². The number of methoxy groups -OCH3 is 3. The van der Waals surface area contributed by atoms with E-state index in [1.165, 1.54) is 19.8 Å². The summed E-state index contributed by atoms with van der Waals surface area (Å²) in [6.45, 7) is 1.87. The SMILES string of the molecule is COc1ccc(NC(=O)COc2cc(CSc3ccc(C)cc3)ncc2OC)c(OC)c1. The molecule has 7 nitrogen and oxygen atoms in total. The first kappa shape index (κ1) is 23.3. The molecule has 1 N–H and O–H groups in total. The monoisotopic (exact) mass is 454 g/mol. The minimum absolute atomic E-state index is 0.194. The number of thioether (sulfide) groups is 1. The summed E-state index contributed by atoms with van der Waals surface area (Å²) in [7, 11) is 4.63. The topological polar surface area (TPSA) is 78.9 Å². The van der Waals surface area contributed by atoms with Gasteiger partial charge in [-0.15, -0.1) is 11.8 Å². The number of ether oxygens (including phenoxy) is 4. The van der Waals surface area contributed by atoms with Crippen molar-refractivity contribution >= 4 is 23.4 Å². The molecular weight excluding hydrogens is 428 g/mol. The predicted octanol–water partition coefficient (Wildman–Crippen LogP) is 4.73. The van der Waals surface area contributed by atoms with E-state index >= 15 is 0 Å². The summed E-state index contributed by atoms with van der Waals surface area (Å²) in [6, 6.07) is 15.3. The Labute approximate surface area is 192 Å². The molecule has 2 aromatic carbocycles. The fourth-order valence-electron chi connectivity index (χ4n) is 2.83. The highest BCUT2D eigenvalue weighted by atomic mass is 32.2. The van der Waals surface area contributed by atoms with E-state index in [0.717, 1.165) is 10.6 Å². The Morgan fingerprint density at radius 2 is 1.69 bits per heavy atom. The molecule has 1 aromatic heterocycles. The van der Waals surface area contributed by atoms with Crippen molar-refractivity contribution in [2.75, 3.05) is 33.3 Å². The first-order valence-electron chi connectivity index (χ1n) is 9.89. The first-order chi connectivity index (χ1) is 15.5. The molecule has 32 heavy (non-hydrogen) atoms. The van der Waals surface area contributed by atoms with Crippen LogP contribution >= 0.6 is 11.8 Å². The summed E-state index contributed by atoms with van der Waals surface area (Å²) in [5.74, 6) is 2.38. The third-order valence-electron chi connectivity index (χ3n) is 4.56. The smallest absolute Gasteiger partial charge is 0.262 e. The number of hydrogen-bond donors (Lipinski definition) is 1. The third kappa shape index (κ3) is 6.31. The Bertz CT molecular complexity index is 1060. The number of amides is 1. The van der Waals surface area contributed by atoms with Crippen LogP contribution in [0.1, 0.15) is 11.3 Å². The second-order valence-electron chi connectivity index (χ2n) is 6.83. The lowest BCUT2D eigenvalue weighted by Crippen LogP contribution is -2.20. The molecule has 0 atom stereocenters. The Kier molecular flexibility index (Phi) is 8.21. The third-order valence-corrected chi connectivity index (χ3v) is 5.60. The number of nitrogens with zero attached hydrogens (tertiary/aromatic N) is 1. The molecule has 168 valence electrons. The molecule has 0 aliphatic carbocycles. The average molecular weight is 455 g/mol. The van der Waals surface area contributed by atoms with Crippen molar-refractivity contribution in [3.8, 4) is 23.0 Å². The molecule has 3 aromatic rings. The van der Waals surface area contributed by atoms with Gasteiger partial charge in [0.2, 0.25) is 0 Å². The van der Waals surface area contributed by atoms with Crippen molar-refractivity contribution < 1.29 is 23.7 Å². The van der Waals surface area contributed by atoms with E-state index in [1.807, 2.05) is 0 Å². The number of benzene rings is 2. The molecule has 0 radical (unpaired) electrons. The Morgan fingerprint density at radius 1 is 0.938 bits per heavy atom. The zero-order chi connectivity index (χ0) is 22.9. The van der Waals surface area contributed by atoms with Gasteiger partial charge in [0, 0.05) is 22.8 Å². The van der Waals surface area contributed by atoms with E-state index in [2.05, 4.69) is 41.5 Å². The summed E-state index contributed by atoms with van der Waals surface area (Å²) in [5, 5.41) is 2.78. The largest absolute Gasteiger partial charge is 0.497 e. The van der Waals surface area contributed by atoms with Crippen molar-refractivity contribution in [1.82, 2.24) is 4.98 Å². The van der Waals surface area contributed by atoms with Crippen LogP contribution in [0.25, 0.3) is 0 Å². The van der Waals surface area contributed by atoms with Crippen LogP contribution in [0, 0.1) is 6.92 Å². The lowest BCUT2D eigenvalue weighted by Gasteiger charge is -2.14. The van der Waals surface area contributed by atoms with Crippen molar-refractivity contribution in [2.24, 2.45) is 0 Å². The average Bonchev–Trinajstić information content (AvgIpc) is 2.82. The molecule has 0 bridgehead atoms. The van der Waals surface area contributed by atoms with Gasteiger partial charge in [0.1, 0.15) is 11.5 Å². The van der Waals surface area contributed by atoms with Crippen molar-refractivity contribution in [2.45, 2.75) is 17.6 Å². The molecule has 0 fully saturated rings. The van der Waals surface area contributed by atoms with Crippen LogP contribution in [-0.4, -0.2) is 38.8 Å². The normalized spacial score (nSPS) is 10.4. The van der Waals surface area contributed by atoms with E-state index in [4.69, 9.17) is 18.9 Å². The minimum Gasteiger partial charge on any atom is -0.497 e. The molecule has 8 heteroatoms. The Balaban J connectivity index is 1.62. The van der Waals surface area contributed by atoms with Crippen LogP contribution < -0.4 is 24.3 Å². The molecule has 0 aliphatic rings. The molecular formula is C24H26N2O5S. The van der Waals surface area contributed by atoms with Crippen LogP contribution in [0.2, 0.25) is 0 Å². The number of carbonyl (C=O) groups is 1. The number of hydrogen-bond acceptors (Lipinski definition) is 7. The van der Waals surface area contributed by atoms with Crippen LogP contribution in [0.15, 0.2) is 59.6 Å². The highest BCUT2D eigenvalue weighted by Gasteiger charge is 2.13.